The number of carbonyl (C=O) groups is 1. The average Bonchev–Trinajstić information content (AvgIpc) is 2.61. The van der Waals surface area contributed by atoms with E-state index in [0.29, 0.717) is 16.9 Å². The van der Waals surface area contributed by atoms with Crippen molar-refractivity contribution in [2.75, 3.05) is 20.7 Å². The third-order valence-electron chi connectivity index (χ3n) is 3.72. The highest BCUT2D eigenvalue weighted by atomic mass is 16.5. The van der Waals surface area contributed by atoms with E-state index in [1.54, 1.807) is 37.4 Å². The highest BCUT2D eigenvalue weighted by molar-refractivity contribution is 5.91. The lowest BCUT2D eigenvalue weighted by Gasteiger charge is -2.19. The van der Waals surface area contributed by atoms with Gasteiger partial charge in [0, 0.05) is 13.1 Å². The van der Waals surface area contributed by atoms with Gasteiger partial charge in [-0.25, -0.2) is 0 Å². The Balaban J connectivity index is 1.98. The molecule has 2 aromatic rings. The summed E-state index contributed by atoms with van der Waals surface area (Å²) in [6, 6.07) is 10.9. The van der Waals surface area contributed by atoms with E-state index in [1.165, 1.54) is 36.3 Å². The molecule has 0 aliphatic carbocycles. The first kappa shape index (κ1) is 18.4. The predicted octanol–water partition coefficient (Wildman–Crippen LogP) is 2.31. The van der Waals surface area contributed by atoms with E-state index < -0.39 is 6.10 Å². The summed E-state index contributed by atoms with van der Waals surface area (Å²) in [6.45, 7) is 0.118. The van der Waals surface area contributed by atoms with Gasteiger partial charge >= 0.3 is 0 Å². The summed E-state index contributed by atoms with van der Waals surface area (Å²) in [5.41, 5.74) is 1.32. The monoisotopic (exact) mass is 343 g/mol. The smallest absolute Gasteiger partial charge is 0.246 e. The largest absolute Gasteiger partial charge is 0.508 e. The van der Waals surface area contributed by atoms with Crippen LogP contribution in [0.15, 0.2) is 48.5 Å². The lowest BCUT2D eigenvalue weighted by molar-refractivity contribution is -0.126. The quantitative estimate of drug-likeness (QED) is 0.700. The van der Waals surface area contributed by atoms with Gasteiger partial charge in [-0.15, -0.1) is 0 Å². The van der Waals surface area contributed by atoms with Crippen LogP contribution in [0.5, 0.6) is 17.2 Å². The number of phenolic OH excluding ortho intramolecular Hbond substituents is 2. The van der Waals surface area contributed by atoms with Gasteiger partial charge < -0.3 is 25.0 Å². The van der Waals surface area contributed by atoms with Crippen molar-refractivity contribution in [3.8, 4) is 17.2 Å². The Kier molecular flexibility index (Phi) is 6.03. The summed E-state index contributed by atoms with van der Waals surface area (Å²) >= 11 is 0. The minimum atomic E-state index is -0.850. The van der Waals surface area contributed by atoms with Crippen molar-refractivity contribution in [2.45, 2.75) is 6.10 Å². The van der Waals surface area contributed by atoms with Crippen molar-refractivity contribution in [3.63, 3.8) is 0 Å². The Hall–Kier alpha value is -2.99. The molecule has 25 heavy (non-hydrogen) atoms. The highest BCUT2D eigenvalue weighted by Crippen LogP contribution is 2.26. The molecule has 0 fully saturated rings. The summed E-state index contributed by atoms with van der Waals surface area (Å²) in [6.07, 6.45) is 2.14. The van der Waals surface area contributed by atoms with Crippen LogP contribution < -0.4 is 4.74 Å². The molecule has 1 unspecified atom stereocenters. The van der Waals surface area contributed by atoms with E-state index in [-0.39, 0.29) is 24.0 Å². The maximum Gasteiger partial charge on any atom is 0.246 e. The van der Waals surface area contributed by atoms with Crippen molar-refractivity contribution >= 4 is 12.0 Å². The Morgan fingerprint density at radius 3 is 2.52 bits per heavy atom. The zero-order valence-corrected chi connectivity index (χ0v) is 14.1. The van der Waals surface area contributed by atoms with Crippen LogP contribution in [0.4, 0.5) is 0 Å². The molecule has 1 atom stereocenters. The van der Waals surface area contributed by atoms with Crippen LogP contribution in [-0.4, -0.2) is 46.8 Å². The molecular formula is C19H21NO5. The third kappa shape index (κ3) is 4.99. The van der Waals surface area contributed by atoms with Crippen LogP contribution in [0.3, 0.4) is 0 Å². The fourth-order valence-corrected chi connectivity index (χ4v) is 2.24. The van der Waals surface area contributed by atoms with Crippen molar-refractivity contribution in [1.82, 2.24) is 4.90 Å². The number of aliphatic hydroxyl groups is 1. The SMILES string of the molecule is COc1cc(/C=C/C(=O)N(C)CC(O)c2ccc(O)cc2)ccc1O. The van der Waals surface area contributed by atoms with Crippen LogP contribution in [0.25, 0.3) is 6.08 Å². The molecule has 0 heterocycles. The molecule has 0 radical (unpaired) electrons. The van der Waals surface area contributed by atoms with E-state index in [1.807, 2.05) is 0 Å². The van der Waals surface area contributed by atoms with Crippen LogP contribution in [-0.2, 0) is 4.79 Å². The summed E-state index contributed by atoms with van der Waals surface area (Å²) in [4.78, 5) is 13.6. The first-order chi connectivity index (χ1) is 11.9. The first-order valence-corrected chi connectivity index (χ1v) is 7.68. The molecule has 6 heteroatoms. The minimum Gasteiger partial charge on any atom is -0.508 e. The Morgan fingerprint density at radius 2 is 1.88 bits per heavy atom. The number of methoxy groups -OCH3 is 1. The van der Waals surface area contributed by atoms with Gasteiger partial charge in [0.15, 0.2) is 11.5 Å². The van der Waals surface area contributed by atoms with Gasteiger partial charge in [-0.1, -0.05) is 18.2 Å². The van der Waals surface area contributed by atoms with Gasteiger partial charge in [0.25, 0.3) is 0 Å². The number of hydrogen-bond acceptors (Lipinski definition) is 5. The van der Waals surface area contributed by atoms with Crippen LogP contribution >= 0.6 is 0 Å². The standard InChI is InChI=1S/C19H21NO5/c1-20(12-17(23)14-5-7-15(21)8-6-14)19(24)10-4-13-3-9-16(22)18(11-13)25-2/h3-11,17,21-23H,12H2,1-2H3/b10-4+. The topological polar surface area (TPSA) is 90.2 Å². The fraction of sp³-hybridized carbons (Fsp3) is 0.211. The van der Waals surface area contributed by atoms with Gasteiger partial charge in [-0.05, 0) is 41.5 Å². The third-order valence-corrected chi connectivity index (χ3v) is 3.72. The summed E-state index contributed by atoms with van der Waals surface area (Å²) in [7, 11) is 3.04. The van der Waals surface area contributed by atoms with Crippen LogP contribution in [0, 0.1) is 0 Å². The number of carbonyl (C=O) groups excluding carboxylic acids is 1. The fourth-order valence-electron chi connectivity index (χ4n) is 2.24. The lowest BCUT2D eigenvalue weighted by atomic mass is 10.1. The van der Waals surface area contributed by atoms with E-state index in [9.17, 15) is 20.1 Å². The number of aliphatic hydroxyl groups excluding tert-OH is 1. The van der Waals surface area contributed by atoms with Gasteiger partial charge in [0.05, 0.1) is 19.8 Å². The second-order valence-corrected chi connectivity index (χ2v) is 5.59. The number of benzene rings is 2. The minimum absolute atomic E-state index is 0.0279. The first-order valence-electron chi connectivity index (χ1n) is 7.68. The molecule has 1 amide bonds. The molecule has 0 saturated heterocycles. The van der Waals surface area contributed by atoms with Crippen LogP contribution in [0.2, 0.25) is 0 Å². The molecule has 2 rings (SSSR count). The molecule has 0 aliphatic rings. The number of likely N-dealkylation sites (N-methyl/N-ethyl adjacent to an activating group) is 1. The molecule has 132 valence electrons. The molecule has 0 spiro atoms. The van der Waals surface area contributed by atoms with E-state index in [2.05, 4.69) is 0 Å². The molecule has 0 saturated carbocycles. The highest BCUT2D eigenvalue weighted by Gasteiger charge is 2.13. The van der Waals surface area contributed by atoms with Crippen molar-refractivity contribution < 1.29 is 24.9 Å². The number of nitrogens with zero attached hydrogens (tertiary/aromatic N) is 1. The maximum atomic E-state index is 12.2. The van der Waals surface area contributed by atoms with Gasteiger partial charge in [0.1, 0.15) is 5.75 Å². The Morgan fingerprint density at radius 1 is 1.20 bits per heavy atom. The molecule has 0 bridgehead atoms. The molecule has 0 aromatic heterocycles. The molecule has 3 N–H and O–H groups in total. The van der Waals surface area contributed by atoms with E-state index in [4.69, 9.17) is 4.74 Å². The number of aromatic hydroxyl groups is 2. The molecule has 2 aromatic carbocycles. The predicted molar refractivity (Wildman–Crippen MR) is 94.4 cm³/mol. The second kappa shape index (κ2) is 8.21. The average molecular weight is 343 g/mol. The zero-order valence-electron chi connectivity index (χ0n) is 14.1. The molecular weight excluding hydrogens is 322 g/mol. The zero-order chi connectivity index (χ0) is 18.4. The van der Waals surface area contributed by atoms with Gasteiger partial charge in [-0.3, -0.25) is 4.79 Å². The van der Waals surface area contributed by atoms with Crippen molar-refractivity contribution in [3.05, 3.63) is 59.7 Å². The normalized spacial score (nSPS) is 12.1. The van der Waals surface area contributed by atoms with Crippen LogP contribution in [0.1, 0.15) is 17.2 Å². The number of phenols is 2. The lowest BCUT2D eigenvalue weighted by Crippen LogP contribution is -2.29. The Bertz CT molecular complexity index is 755. The number of ether oxygens (including phenoxy) is 1. The maximum absolute atomic E-state index is 12.2. The Labute approximate surface area is 146 Å². The second-order valence-electron chi connectivity index (χ2n) is 5.59. The van der Waals surface area contributed by atoms with Gasteiger partial charge in [-0.2, -0.15) is 0 Å². The van der Waals surface area contributed by atoms with Crippen molar-refractivity contribution in [1.29, 1.82) is 0 Å². The van der Waals surface area contributed by atoms with E-state index >= 15 is 0 Å². The summed E-state index contributed by atoms with van der Waals surface area (Å²) in [5, 5.41) is 29.0. The molecule has 0 aliphatic heterocycles. The van der Waals surface area contributed by atoms with E-state index in [0.717, 1.165) is 0 Å². The number of hydrogen-bond donors (Lipinski definition) is 3. The van der Waals surface area contributed by atoms with Crippen molar-refractivity contribution in [2.24, 2.45) is 0 Å². The summed E-state index contributed by atoms with van der Waals surface area (Å²) < 4.78 is 5.02. The molecule has 6 nitrogen and oxygen atoms in total. The summed E-state index contributed by atoms with van der Waals surface area (Å²) in [5.74, 6) is 0.198. The van der Waals surface area contributed by atoms with Gasteiger partial charge in [0.2, 0.25) is 5.91 Å². The number of rotatable bonds is 6. The number of amides is 1.